The van der Waals surface area contributed by atoms with Gasteiger partial charge in [-0.1, -0.05) is 17.8 Å². The third-order valence-electron chi connectivity index (χ3n) is 3.97. The van der Waals surface area contributed by atoms with Crippen molar-refractivity contribution in [3.63, 3.8) is 0 Å². The van der Waals surface area contributed by atoms with E-state index in [1.165, 1.54) is 43.9 Å². The van der Waals surface area contributed by atoms with E-state index in [-0.39, 0.29) is 5.91 Å². The van der Waals surface area contributed by atoms with Crippen LogP contribution < -0.4 is 10.2 Å². The van der Waals surface area contributed by atoms with Gasteiger partial charge in [-0.25, -0.2) is 0 Å². The molecule has 1 saturated heterocycles. The van der Waals surface area contributed by atoms with Crippen LogP contribution in [0.4, 0.5) is 5.95 Å². The Balaban J connectivity index is 1.67. The zero-order chi connectivity index (χ0) is 15.4. The third kappa shape index (κ3) is 3.63. The van der Waals surface area contributed by atoms with Gasteiger partial charge in [-0.15, -0.1) is 16.8 Å². The monoisotopic (exact) mass is 321 g/mol. The van der Waals surface area contributed by atoms with Crippen LogP contribution in [0, 0.1) is 0 Å². The van der Waals surface area contributed by atoms with Gasteiger partial charge in [-0.3, -0.25) is 9.36 Å². The fraction of sp³-hybridized carbons (Fsp3) is 0.667. The minimum Gasteiger partial charge on any atom is -0.352 e. The van der Waals surface area contributed by atoms with E-state index in [0.717, 1.165) is 24.2 Å². The third-order valence-corrected chi connectivity index (χ3v) is 4.92. The number of aromatic nitrogens is 3. The quantitative estimate of drug-likeness (QED) is 0.615. The van der Waals surface area contributed by atoms with Gasteiger partial charge in [0, 0.05) is 25.7 Å². The first kappa shape index (κ1) is 15.4. The summed E-state index contributed by atoms with van der Waals surface area (Å²) in [5.74, 6) is 1.38. The highest BCUT2D eigenvalue weighted by atomic mass is 32.2. The van der Waals surface area contributed by atoms with Crippen molar-refractivity contribution in [3.05, 3.63) is 12.7 Å². The van der Waals surface area contributed by atoms with Crippen LogP contribution >= 0.6 is 11.8 Å². The van der Waals surface area contributed by atoms with Gasteiger partial charge in [0.1, 0.15) is 0 Å². The van der Waals surface area contributed by atoms with Crippen LogP contribution in [0.5, 0.6) is 0 Å². The van der Waals surface area contributed by atoms with Gasteiger partial charge in [0.25, 0.3) is 0 Å². The van der Waals surface area contributed by atoms with Crippen LogP contribution in [0.3, 0.4) is 0 Å². The molecule has 2 aliphatic rings. The van der Waals surface area contributed by atoms with Crippen LogP contribution in [0.1, 0.15) is 38.1 Å². The van der Waals surface area contributed by atoms with Gasteiger partial charge < -0.3 is 10.2 Å². The highest BCUT2D eigenvalue weighted by molar-refractivity contribution is 7.99. The van der Waals surface area contributed by atoms with Crippen molar-refractivity contribution in [2.45, 2.75) is 43.3 Å². The van der Waals surface area contributed by atoms with Crippen LogP contribution in [0.25, 0.3) is 0 Å². The SMILES string of the molecule is C=CCNC(=O)CSc1nnc(N2CCCCC2)n1C1CC1. The van der Waals surface area contributed by atoms with E-state index in [1.807, 2.05) is 0 Å². The van der Waals surface area contributed by atoms with Gasteiger partial charge in [-0.05, 0) is 32.1 Å². The fourth-order valence-electron chi connectivity index (χ4n) is 2.70. The molecule has 0 radical (unpaired) electrons. The van der Waals surface area contributed by atoms with E-state index in [0.29, 0.717) is 18.3 Å². The topological polar surface area (TPSA) is 63.1 Å². The lowest BCUT2D eigenvalue weighted by Gasteiger charge is -2.27. The highest BCUT2D eigenvalue weighted by Crippen LogP contribution is 2.41. The number of hydrogen-bond donors (Lipinski definition) is 1. The Labute approximate surface area is 135 Å². The van der Waals surface area contributed by atoms with Crippen LogP contribution in [-0.4, -0.2) is 46.1 Å². The molecule has 1 aliphatic heterocycles. The van der Waals surface area contributed by atoms with Crippen molar-refractivity contribution in [1.82, 2.24) is 20.1 Å². The number of thioether (sulfide) groups is 1. The van der Waals surface area contributed by atoms with Crippen molar-refractivity contribution in [2.24, 2.45) is 0 Å². The molecule has 22 heavy (non-hydrogen) atoms. The zero-order valence-electron chi connectivity index (χ0n) is 12.8. The Kier molecular flexibility index (Phi) is 5.02. The second-order valence-electron chi connectivity index (χ2n) is 5.81. The maximum atomic E-state index is 11.7. The minimum absolute atomic E-state index is 0.00905. The maximum absolute atomic E-state index is 11.7. The molecule has 1 aromatic rings. The summed E-state index contributed by atoms with van der Waals surface area (Å²) >= 11 is 1.48. The van der Waals surface area contributed by atoms with Gasteiger partial charge in [-0.2, -0.15) is 0 Å². The van der Waals surface area contributed by atoms with E-state index >= 15 is 0 Å². The first-order valence-corrected chi connectivity index (χ1v) is 8.98. The Bertz CT molecular complexity index is 534. The molecule has 0 aromatic carbocycles. The average molecular weight is 321 g/mol. The number of hydrogen-bond acceptors (Lipinski definition) is 5. The smallest absolute Gasteiger partial charge is 0.230 e. The molecule has 3 rings (SSSR count). The lowest BCUT2D eigenvalue weighted by molar-refractivity contribution is -0.118. The number of piperidine rings is 1. The second kappa shape index (κ2) is 7.17. The Hall–Kier alpha value is -1.50. The molecular formula is C15H23N5OS. The van der Waals surface area contributed by atoms with Gasteiger partial charge in [0.2, 0.25) is 11.9 Å². The first-order valence-electron chi connectivity index (χ1n) is 8.00. The van der Waals surface area contributed by atoms with E-state index in [2.05, 4.69) is 31.6 Å². The fourth-order valence-corrected chi connectivity index (χ4v) is 3.53. The molecular weight excluding hydrogens is 298 g/mol. The van der Waals surface area contributed by atoms with Crippen molar-refractivity contribution < 1.29 is 4.79 Å². The molecule has 1 aromatic heterocycles. The standard InChI is InChI=1S/C15H23N5OS/c1-2-8-16-13(21)11-22-15-18-17-14(20(15)12-6-7-12)19-9-4-3-5-10-19/h2,12H,1,3-11H2,(H,16,21). The average Bonchev–Trinajstić information content (AvgIpc) is 3.31. The predicted molar refractivity (Wildman–Crippen MR) is 88.3 cm³/mol. The summed E-state index contributed by atoms with van der Waals surface area (Å²) in [6.45, 7) is 6.24. The number of carbonyl (C=O) groups excluding carboxylic acids is 1. The van der Waals surface area contributed by atoms with Crippen molar-refractivity contribution in [1.29, 1.82) is 0 Å². The predicted octanol–water partition coefficient (Wildman–Crippen LogP) is 2.00. The molecule has 0 unspecified atom stereocenters. The summed E-state index contributed by atoms with van der Waals surface area (Å²) < 4.78 is 2.25. The first-order chi connectivity index (χ1) is 10.8. The lowest BCUT2D eigenvalue weighted by Crippen LogP contribution is -2.32. The summed E-state index contributed by atoms with van der Waals surface area (Å²) in [6.07, 6.45) is 7.82. The number of carbonyl (C=O) groups is 1. The second-order valence-corrected chi connectivity index (χ2v) is 6.76. The van der Waals surface area contributed by atoms with E-state index in [9.17, 15) is 4.79 Å². The largest absolute Gasteiger partial charge is 0.352 e. The molecule has 0 atom stereocenters. The Morgan fingerprint density at radius 1 is 1.32 bits per heavy atom. The molecule has 2 heterocycles. The molecule has 1 amide bonds. The van der Waals surface area contributed by atoms with Gasteiger partial charge in [0.15, 0.2) is 5.16 Å². The number of anilines is 1. The Morgan fingerprint density at radius 3 is 2.77 bits per heavy atom. The van der Waals surface area contributed by atoms with Crippen molar-refractivity contribution in [3.8, 4) is 0 Å². The molecule has 0 bridgehead atoms. The molecule has 1 saturated carbocycles. The maximum Gasteiger partial charge on any atom is 0.230 e. The van der Waals surface area contributed by atoms with Gasteiger partial charge in [0.05, 0.1) is 5.75 Å². The van der Waals surface area contributed by atoms with E-state index in [1.54, 1.807) is 6.08 Å². The number of nitrogens with zero attached hydrogens (tertiary/aromatic N) is 4. The van der Waals surface area contributed by atoms with Crippen LogP contribution in [0.15, 0.2) is 17.8 Å². The molecule has 7 heteroatoms. The molecule has 6 nitrogen and oxygen atoms in total. The Morgan fingerprint density at radius 2 is 2.09 bits per heavy atom. The normalized spacial score (nSPS) is 18.3. The summed E-state index contributed by atoms with van der Waals surface area (Å²) in [4.78, 5) is 14.1. The zero-order valence-corrected chi connectivity index (χ0v) is 13.6. The number of amides is 1. The summed E-state index contributed by atoms with van der Waals surface area (Å²) in [7, 11) is 0. The van der Waals surface area contributed by atoms with Crippen molar-refractivity contribution >= 4 is 23.6 Å². The van der Waals surface area contributed by atoms with E-state index in [4.69, 9.17) is 0 Å². The molecule has 1 N–H and O–H groups in total. The summed E-state index contributed by atoms with van der Waals surface area (Å²) in [6, 6.07) is 0.519. The lowest BCUT2D eigenvalue weighted by atomic mass is 10.1. The summed E-state index contributed by atoms with van der Waals surface area (Å²) in [5, 5.41) is 12.4. The van der Waals surface area contributed by atoms with Gasteiger partial charge >= 0.3 is 0 Å². The van der Waals surface area contributed by atoms with Crippen LogP contribution in [0.2, 0.25) is 0 Å². The van der Waals surface area contributed by atoms with Crippen LogP contribution in [-0.2, 0) is 4.79 Å². The summed E-state index contributed by atoms with van der Waals surface area (Å²) in [5.41, 5.74) is 0. The minimum atomic E-state index is 0.00905. The molecule has 0 spiro atoms. The molecule has 2 fully saturated rings. The number of nitrogens with one attached hydrogen (secondary N) is 1. The highest BCUT2D eigenvalue weighted by Gasteiger charge is 2.32. The molecule has 1 aliphatic carbocycles. The van der Waals surface area contributed by atoms with E-state index < -0.39 is 0 Å². The number of rotatable bonds is 7. The van der Waals surface area contributed by atoms with Crippen molar-refractivity contribution in [2.75, 3.05) is 30.3 Å². The molecule has 120 valence electrons.